The van der Waals surface area contributed by atoms with Crippen molar-refractivity contribution in [1.82, 2.24) is 4.90 Å². The molecule has 5 nitrogen and oxygen atoms in total. The third kappa shape index (κ3) is 2.81. The van der Waals surface area contributed by atoms with Crippen LogP contribution in [0.25, 0.3) is 0 Å². The van der Waals surface area contributed by atoms with Gasteiger partial charge in [-0.05, 0) is 25.1 Å². The van der Waals surface area contributed by atoms with E-state index >= 15 is 0 Å². The molecular weight excluding hydrogens is 315 g/mol. The zero-order valence-electron chi connectivity index (χ0n) is 12.8. The Bertz CT molecular complexity index is 605. The van der Waals surface area contributed by atoms with Crippen molar-refractivity contribution < 1.29 is 32.5 Å². The number of hydrogen-bond acceptors (Lipinski definition) is 5. The van der Waals surface area contributed by atoms with Crippen molar-refractivity contribution >= 4 is 0 Å². The normalized spacial score (nSPS) is 21.9. The lowest BCUT2D eigenvalue weighted by molar-refractivity contribution is -0.209. The van der Waals surface area contributed by atoms with Crippen LogP contribution in [0.15, 0.2) is 6.07 Å². The molecule has 23 heavy (non-hydrogen) atoms. The van der Waals surface area contributed by atoms with E-state index in [4.69, 9.17) is 14.2 Å². The Hall–Kier alpha value is -1.67. The molecule has 8 heteroatoms. The van der Waals surface area contributed by atoms with Crippen LogP contribution in [0.1, 0.15) is 23.6 Å². The molecule has 0 amide bonds. The second-order valence-electron chi connectivity index (χ2n) is 5.76. The first-order valence-corrected chi connectivity index (χ1v) is 7.27. The number of ether oxygens (including phenoxy) is 3. The molecule has 0 saturated carbocycles. The molecule has 0 bridgehead atoms. The lowest BCUT2D eigenvalue weighted by atomic mass is 9.88. The van der Waals surface area contributed by atoms with Gasteiger partial charge in [0.1, 0.15) is 0 Å². The Balaban J connectivity index is 2.04. The molecule has 3 rings (SSSR count). The molecule has 128 valence electrons. The topological polar surface area (TPSA) is 51.2 Å². The maximum Gasteiger partial charge on any atom is 0.414 e. The summed E-state index contributed by atoms with van der Waals surface area (Å²) in [6, 6.07) is 1.18. The standard InChI is InChI=1S/C15H18F3NO4/c1-19-4-3-8-5-10-13(23-7-22-10)14(21-2)12(8)9(19)6-11(20)15(16,17)18/h5,9,11,20H,3-4,6-7H2,1-2H3/t9-,11+/m0/s1. The zero-order chi connectivity index (χ0) is 16.8. The maximum absolute atomic E-state index is 12.8. The number of aliphatic hydroxyl groups is 1. The molecule has 1 N–H and O–H groups in total. The minimum atomic E-state index is -4.65. The summed E-state index contributed by atoms with van der Waals surface area (Å²) in [6.07, 6.45) is -6.83. The quantitative estimate of drug-likeness (QED) is 0.920. The van der Waals surface area contributed by atoms with Gasteiger partial charge in [0.05, 0.1) is 7.11 Å². The number of benzene rings is 1. The molecule has 2 atom stereocenters. The summed E-state index contributed by atoms with van der Waals surface area (Å²) in [5, 5.41) is 9.49. The molecule has 1 aromatic rings. The summed E-state index contributed by atoms with van der Waals surface area (Å²) in [5.74, 6) is 1.34. The number of aliphatic hydroxyl groups excluding tert-OH is 1. The van der Waals surface area contributed by atoms with Crippen LogP contribution in [-0.2, 0) is 6.42 Å². The fourth-order valence-corrected chi connectivity index (χ4v) is 3.17. The first-order chi connectivity index (χ1) is 10.8. The van der Waals surface area contributed by atoms with Crippen LogP contribution < -0.4 is 14.2 Å². The molecule has 0 unspecified atom stereocenters. The molecule has 0 aliphatic carbocycles. The molecule has 0 radical (unpaired) electrons. The van der Waals surface area contributed by atoms with Gasteiger partial charge in [-0.1, -0.05) is 0 Å². The lowest BCUT2D eigenvalue weighted by Gasteiger charge is -2.37. The van der Waals surface area contributed by atoms with E-state index in [1.807, 2.05) is 0 Å². The number of hydrogen-bond donors (Lipinski definition) is 1. The van der Waals surface area contributed by atoms with Gasteiger partial charge in [0.25, 0.3) is 0 Å². The minimum Gasteiger partial charge on any atom is -0.492 e. The first-order valence-electron chi connectivity index (χ1n) is 7.27. The van der Waals surface area contributed by atoms with E-state index in [1.54, 1.807) is 18.0 Å². The number of methoxy groups -OCH3 is 1. The predicted octanol–water partition coefficient (Wildman–Crippen LogP) is 2.27. The highest BCUT2D eigenvalue weighted by Gasteiger charge is 2.43. The van der Waals surface area contributed by atoms with E-state index in [0.717, 1.165) is 5.56 Å². The molecule has 1 aromatic carbocycles. The van der Waals surface area contributed by atoms with Crippen LogP contribution in [0.4, 0.5) is 13.2 Å². The van der Waals surface area contributed by atoms with Crippen LogP contribution in [-0.4, -0.2) is 49.8 Å². The molecule has 2 aliphatic rings. The van der Waals surface area contributed by atoms with Crippen molar-refractivity contribution in [3.8, 4) is 17.2 Å². The summed E-state index contributed by atoms with van der Waals surface area (Å²) in [6.45, 7) is 0.644. The maximum atomic E-state index is 12.8. The van der Waals surface area contributed by atoms with Crippen molar-refractivity contribution in [2.45, 2.75) is 31.2 Å². The Morgan fingerprint density at radius 3 is 2.83 bits per heavy atom. The molecular formula is C15H18F3NO4. The number of halogens is 3. The molecule has 0 spiro atoms. The number of fused-ring (bicyclic) bond motifs is 2. The van der Waals surface area contributed by atoms with Crippen molar-refractivity contribution in [3.63, 3.8) is 0 Å². The Morgan fingerprint density at radius 2 is 2.17 bits per heavy atom. The summed E-state index contributed by atoms with van der Waals surface area (Å²) in [5.41, 5.74) is 1.50. The number of likely N-dealkylation sites (N-methyl/N-ethyl adjacent to an activating group) is 1. The molecule has 0 aromatic heterocycles. The smallest absolute Gasteiger partial charge is 0.414 e. The summed E-state index contributed by atoms with van der Waals surface area (Å²) in [7, 11) is 3.18. The predicted molar refractivity (Wildman–Crippen MR) is 74.9 cm³/mol. The zero-order valence-corrected chi connectivity index (χ0v) is 12.8. The van der Waals surface area contributed by atoms with Gasteiger partial charge in [-0.3, -0.25) is 4.90 Å². The van der Waals surface area contributed by atoms with E-state index in [1.165, 1.54) is 7.11 Å². The summed E-state index contributed by atoms with van der Waals surface area (Å²) < 4.78 is 54.5. The number of alkyl halides is 3. The Kier molecular flexibility index (Phi) is 4.05. The van der Waals surface area contributed by atoms with Crippen LogP contribution in [0.3, 0.4) is 0 Å². The first kappa shape index (κ1) is 16.2. The monoisotopic (exact) mass is 333 g/mol. The highest BCUT2D eigenvalue weighted by molar-refractivity contribution is 5.61. The van der Waals surface area contributed by atoms with Gasteiger partial charge >= 0.3 is 6.18 Å². The lowest BCUT2D eigenvalue weighted by Crippen LogP contribution is -2.38. The Labute approximate surface area is 131 Å². The highest BCUT2D eigenvalue weighted by atomic mass is 19.4. The summed E-state index contributed by atoms with van der Waals surface area (Å²) in [4.78, 5) is 1.79. The fourth-order valence-electron chi connectivity index (χ4n) is 3.17. The van der Waals surface area contributed by atoms with Crippen molar-refractivity contribution in [3.05, 3.63) is 17.2 Å². The largest absolute Gasteiger partial charge is 0.492 e. The van der Waals surface area contributed by atoms with Gasteiger partial charge in [-0.2, -0.15) is 13.2 Å². The number of rotatable bonds is 3. The van der Waals surface area contributed by atoms with Crippen LogP contribution in [0.5, 0.6) is 17.2 Å². The van der Waals surface area contributed by atoms with Crippen molar-refractivity contribution in [2.24, 2.45) is 0 Å². The van der Waals surface area contributed by atoms with Crippen LogP contribution in [0.2, 0.25) is 0 Å². The third-order valence-electron chi connectivity index (χ3n) is 4.37. The van der Waals surface area contributed by atoms with Gasteiger partial charge in [0.2, 0.25) is 12.5 Å². The van der Waals surface area contributed by atoms with E-state index in [-0.39, 0.29) is 6.79 Å². The van der Waals surface area contributed by atoms with Crippen LogP contribution in [0, 0.1) is 0 Å². The van der Waals surface area contributed by atoms with Gasteiger partial charge < -0.3 is 19.3 Å². The van der Waals surface area contributed by atoms with E-state index in [9.17, 15) is 18.3 Å². The fraction of sp³-hybridized carbons (Fsp3) is 0.600. The molecule has 0 saturated heterocycles. The minimum absolute atomic E-state index is 0.0558. The van der Waals surface area contributed by atoms with E-state index in [2.05, 4.69) is 0 Å². The summed E-state index contributed by atoms with van der Waals surface area (Å²) >= 11 is 0. The molecule has 2 aliphatic heterocycles. The number of nitrogens with zero attached hydrogens (tertiary/aromatic N) is 1. The van der Waals surface area contributed by atoms with Gasteiger partial charge in [0, 0.05) is 24.6 Å². The Morgan fingerprint density at radius 1 is 1.43 bits per heavy atom. The van der Waals surface area contributed by atoms with Crippen molar-refractivity contribution in [2.75, 3.05) is 27.5 Å². The van der Waals surface area contributed by atoms with Gasteiger partial charge in [-0.15, -0.1) is 0 Å². The van der Waals surface area contributed by atoms with Crippen molar-refractivity contribution in [1.29, 1.82) is 0 Å². The van der Waals surface area contributed by atoms with Gasteiger partial charge in [-0.25, -0.2) is 0 Å². The average molecular weight is 333 g/mol. The molecule has 2 heterocycles. The highest BCUT2D eigenvalue weighted by Crippen LogP contribution is 2.50. The van der Waals surface area contributed by atoms with Crippen LogP contribution >= 0.6 is 0 Å². The third-order valence-corrected chi connectivity index (χ3v) is 4.37. The second kappa shape index (κ2) is 5.76. The second-order valence-corrected chi connectivity index (χ2v) is 5.76. The van der Waals surface area contributed by atoms with E-state index in [0.29, 0.717) is 35.8 Å². The molecule has 0 fully saturated rings. The average Bonchev–Trinajstić information content (AvgIpc) is 2.94. The SMILES string of the molecule is COc1c2c(cc3c1[C@H](C[C@@H](O)C(F)(F)F)N(C)CC3)OCO2. The van der Waals surface area contributed by atoms with E-state index < -0.39 is 24.7 Å². The van der Waals surface area contributed by atoms with Gasteiger partial charge in [0.15, 0.2) is 17.6 Å².